The number of nitrogens with zero attached hydrogens (tertiary/aromatic N) is 1. The number of amides is 1. The molecule has 0 spiro atoms. The van der Waals surface area contributed by atoms with E-state index in [0.29, 0.717) is 5.56 Å². The Hall–Kier alpha value is -2.63. The lowest BCUT2D eigenvalue weighted by molar-refractivity contribution is -0.311. The second-order valence-electron chi connectivity index (χ2n) is 4.84. The van der Waals surface area contributed by atoms with Crippen molar-refractivity contribution >= 4 is 17.7 Å². The molecule has 0 fully saturated rings. The maximum atomic E-state index is 12.1. The number of carboxylic acids is 1. The summed E-state index contributed by atoms with van der Waals surface area (Å²) in [5.41, 5.74) is 0.451. The van der Waals surface area contributed by atoms with Gasteiger partial charge in [0.2, 0.25) is 0 Å². The molecule has 0 unspecified atom stereocenters. The monoisotopic (exact) mass is 288 g/mol. The van der Waals surface area contributed by atoms with Gasteiger partial charge in [0.25, 0.3) is 5.91 Å². The average Bonchev–Trinajstić information content (AvgIpc) is 2.71. The maximum absolute atomic E-state index is 12.1. The van der Waals surface area contributed by atoms with E-state index in [1.54, 1.807) is 30.3 Å². The summed E-state index contributed by atoms with van der Waals surface area (Å²) >= 11 is 0. The number of hydrogen-bond donors (Lipinski definition) is 1. The molecule has 21 heavy (non-hydrogen) atoms. The van der Waals surface area contributed by atoms with Crippen LogP contribution in [0.3, 0.4) is 0 Å². The molecule has 6 nitrogen and oxygen atoms in total. The Bertz CT molecular complexity index is 635. The minimum atomic E-state index is -1.46. The number of Topliss-reactive ketones (excluding diaryl/α,β-unsaturated/α-hetero) is 1. The van der Waals surface area contributed by atoms with Crippen molar-refractivity contribution in [3.8, 4) is 0 Å². The number of carbonyl (C=O) groups excluding carboxylic acids is 3. The van der Waals surface area contributed by atoms with Crippen LogP contribution in [0.4, 0.5) is 0 Å². The number of ketones is 1. The fraction of sp³-hybridized carbons (Fsp3) is 0.267. The van der Waals surface area contributed by atoms with Crippen LogP contribution in [0, 0.1) is 0 Å². The molecular weight excluding hydrogens is 274 g/mol. The first-order valence-corrected chi connectivity index (χ1v) is 6.38. The van der Waals surface area contributed by atoms with Crippen LogP contribution < -0.4 is 5.11 Å². The Balaban J connectivity index is 2.59. The van der Waals surface area contributed by atoms with Gasteiger partial charge in [-0.15, -0.1) is 0 Å². The number of rotatable bonds is 4. The minimum absolute atomic E-state index is 0.0979. The van der Waals surface area contributed by atoms with Gasteiger partial charge < -0.3 is 19.9 Å². The van der Waals surface area contributed by atoms with Crippen LogP contribution in [0.15, 0.2) is 41.7 Å². The summed E-state index contributed by atoms with van der Waals surface area (Å²) in [7, 11) is 0. The highest BCUT2D eigenvalue weighted by Crippen LogP contribution is 2.38. The Morgan fingerprint density at radius 1 is 1.29 bits per heavy atom. The second-order valence-corrected chi connectivity index (χ2v) is 4.84. The molecule has 1 aromatic carbocycles. The van der Waals surface area contributed by atoms with Crippen molar-refractivity contribution in [2.24, 2.45) is 0 Å². The van der Waals surface area contributed by atoms with Crippen molar-refractivity contribution in [2.45, 2.75) is 25.9 Å². The van der Waals surface area contributed by atoms with E-state index in [2.05, 4.69) is 0 Å². The number of carbonyl (C=O) groups is 3. The fourth-order valence-electron chi connectivity index (χ4n) is 2.46. The Morgan fingerprint density at radius 2 is 1.86 bits per heavy atom. The first-order valence-electron chi connectivity index (χ1n) is 6.38. The van der Waals surface area contributed by atoms with E-state index in [-0.39, 0.29) is 5.57 Å². The molecule has 0 saturated carbocycles. The van der Waals surface area contributed by atoms with Crippen LogP contribution in [0.25, 0.3) is 0 Å². The van der Waals surface area contributed by atoms with Gasteiger partial charge >= 0.3 is 0 Å². The summed E-state index contributed by atoms with van der Waals surface area (Å²) in [6.07, 6.45) is 0. The Kier molecular flexibility index (Phi) is 3.80. The third kappa shape index (κ3) is 2.40. The van der Waals surface area contributed by atoms with Gasteiger partial charge in [0.1, 0.15) is 0 Å². The van der Waals surface area contributed by atoms with E-state index in [1.807, 2.05) is 0 Å². The summed E-state index contributed by atoms with van der Waals surface area (Å²) < 4.78 is 0. The van der Waals surface area contributed by atoms with E-state index in [0.717, 1.165) is 4.90 Å². The predicted octanol–water partition coefficient (Wildman–Crippen LogP) is 0.109. The van der Waals surface area contributed by atoms with Crippen molar-refractivity contribution in [1.82, 2.24) is 4.90 Å². The zero-order valence-electron chi connectivity index (χ0n) is 11.6. The SMILES string of the molecule is CC(=O)C1=C(O)C(=O)N([C@@H](C)C(=O)[O-])[C@@H]1c1ccccc1. The summed E-state index contributed by atoms with van der Waals surface area (Å²) in [5, 5.41) is 21.0. The highest BCUT2D eigenvalue weighted by molar-refractivity contribution is 6.08. The molecule has 1 N–H and O–H groups in total. The standard InChI is InChI=1S/C15H15NO5/c1-8(15(20)21)16-12(10-6-4-3-5-7-10)11(9(2)17)13(18)14(16)19/h3-8,12,18H,1-2H3,(H,20,21)/p-1/t8-,12+/m0/s1. The molecule has 0 bridgehead atoms. The smallest absolute Gasteiger partial charge is 0.290 e. The maximum Gasteiger partial charge on any atom is 0.290 e. The Labute approximate surface area is 121 Å². The minimum Gasteiger partial charge on any atom is -0.548 e. The predicted molar refractivity (Wildman–Crippen MR) is 70.8 cm³/mol. The highest BCUT2D eigenvalue weighted by Gasteiger charge is 2.44. The van der Waals surface area contributed by atoms with Crippen molar-refractivity contribution < 1.29 is 24.6 Å². The molecule has 0 aromatic heterocycles. The van der Waals surface area contributed by atoms with E-state index in [9.17, 15) is 24.6 Å². The summed E-state index contributed by atoms with van der Waals surface area (Å²) in [5.74, 6) is -3.53. The lowest BCUT2D eigenvalue weighted by Crippen LogP contribution is -2.48. The summed E-state index contributed by atoms with van der Waals surface area (Å²) in [6, 6.07) is 6.28. The van der Waals surface area contributed by atoms with Gasteiger partial charge in [0, 0.05) is 0 Å². The number of aliphatic carboxylic acids is 1. The molecule has 0 aliphatic carbocycles. The summed E-state index contributed by atoms with van der Waals surface area (Å²) in [6.45, 7) is 2.50. The zero-order valence-corrected chi connectivity index (χ0v) is 11.6. The molecule has 0 saturated heterocycles. The van der Waals surface area contributed by atoms with Gasteiger partial charge in [-0.1, -0.05) is 30.3 Å². The van der Waals surface area contributed by atoms with Crippen molar-refractivity contribution in [3.63, 3.8) is 0 Å². The van der Waals surface area contributed by atoms with Gasteiger partial charge in [-0.2, -0.15) is 0 Å². The van der Waals surface area contributed by atoms with E-state index in [1.165, 1.54) is 13.8 Å². The van der Waals surface area contributed by atoms with Crippen LogP contribution >= 0.6 is 0 Å². The van der Waals surface area contributed by atoms with E-state index in [4.69, 9.17) is 0 Å². The molecule has 2 atom stereocenters. The number of hydrogen-bond acceptors (Lipinski definition) is 5. The van der Waals surface area contributed by atoms with Gasteiger partial charge in [0.05, 0.1) is 23.6 Å². The third-order valence-corrected chi connectivity index (χ3v) is 3.50. The largest absolute Gasteiger partial charge is 0.548 e. The van der Waals surface area contributed by atoms with Crippen molar-refractivity contribution in [3.05, 3.63) is 47.2 Å². The molecule has 0 radical (unpaired) electrons. The quantitative estimate of drug-likeness (QED) is 0.848. The fourth-order valence-corrected chi connectivity index (χ4v) is 2.46. The molecule has 6 heteroatoms. The topological polar surface area (TPSA) is 97.7 Å². The number of aliphatic hydroxyl groups excluding tert-OH is 1. The molecule has 1 amide bonds. The summed E-state index contributed by atoms with van der Waals surface area (Å²) in [4.78, 5) is 35.9. The normalized spacial score (nSPS) is 19.8. The second kappa shape index (κ2) is 5.40. The molecular formula is C15H14NO5-. The van der Waals surface area contributed by atoms with Crippen LogP contribution in [-0.2, 0) is 14.4 Å². The van der Waals surface area contributed by atoms with Gasteiger partial charge in [-0.3, -0.25) is 9.59 Å². The highest BCUT2D eigenvalue weighted by atomic mass is 16.4. The lowest BCUT2D eigenvalue weighted by Gasteiger charge is -2.32. The molecule has 1 heterocycles. The first-order chi connectivity index (χ1) is 9.86. The van der Waals surface area contributed by atoms with Gasteiger partial charge in [-0.05, 0) is 19.4 Å². The van der Waals surface area contributed by atoms with Gasteiger partial charge in [-0.25, -0.2) is 0 Å². The number of benzene rings is 1. The Morgan fingerprint density at radius 3 is 2.33 bits per heavy atom. The van der Waals surface area contributed by atoms with E-state index < -0.39 is 35.5 Å². The van der Waals surface area contributed by atoms with Crippen LogP contribution in [0.1, 0.15) is 25.5 Å². The molecule has 1 aliphatic rings. The number of carboxylic acid groups (broad SMARTS) is 1. The van der Waals surface area contributed by atoms with Crippen molar-refractivity contribution in [2.75, 3.05) is 0 Å². The first kappa shape index (κ1) is 14.8. The lowest BCUT2D eigenvalue weighted by atomic mass is 9.96. The average molecular weight is 288 g/mol. The molecule has 1 aromatic rings. The van der Waals surface area contributed by atoms with Crippen LogP contribution in [0.2, 0.25) is 0 Å². The molecule has 1 aliphatic heterocycles. The number of aliphatic hydroxyl groups is 1. The molecule has 110 valence electrons. The van der Waals surface area contributed by atoms with Gasteiger partial charge in [0.15, 0.2) is 11.5 Å². The van der Waals surface area contributed by atoms with Crippen molar-refractivity contribution in [1.29, 1.82) is 0 Å². The zero-order chi connectivity index (χ0) is 15.7. The van der Waals surface area contributed by atoms with Crippen LogP contribution in [-0.4, -0.2) is 33.7 Å². The molecule has 2 rings (SSSR count). The van der Waals surface area contributed by atoms with E-state index >= 15 is 0 Å². The van der Waals surface area contributed by atoms with Crippen LogP contribution in [0.5, 0.6) is 0 Å². The third-order valence-electron chi connectivity index (χ3n) is 3.50.